The van der Waals surface area contributed by atoms with Crippen LogP contribution in [0.25, 0.3) is 0 Å². The number of nitrogens with zero attached hydrogens (tertiary/aromatic N) is 3. The molecule has 0 unspecified atom stereocenters. The summed E-state index contributed by atoms with van der Waals surface area (Å²) in [6.07, 6.45) is 5.67. The van der Waals surface area contributed by atoms with Crippen LogP contribution >= 0.6 is 0 Å². The summed E-state index contributed by atoms with van der Waals surface area (Å²) in [5, 5.41) is 8.20. The van der Waals surface area contributed by atoms with Crippen molar-refractivity contribution in [2.45, 2.75) is 33.1 Å². The van der Waals surface area contributed by atoms with Crippen LogP contribution in [0, 0.1) is 12.8 Å². The molecule has 0 aromatic carbocycles. The predicted octanol–water partition coefficient (Wildman–Crippen LogP) is 2.41. The van der Waals surface area contributed by atoms with Crippen LogP contribution in [0.5, 0.6) is 0 Å². The Morgan fingerprint density at radius 2 is 2.13 bits per heavy atom. The number of rotatable bonds is 2. The van der Waals surface area contributed by atoms with Crippen LogP contribution in [0.3, 0.4) is 0 Å². The Morgan fingerprint density at radius 1 is 1.40 bits per heavy atom. The van der Waals surface area contributed by atoms with E-state index in [1.807, 2.05) is 6.07 Å². The van der Waals surface area contributed by atoms with E-state index in [9.17, 15) is 0 Å². The number of hydrogen-bond donors (Lipinski definition) is 0. The minimum Gasteiger partial charge on any atom is -0.355 e. The SMILES string of the molecule is CCC1CCN(c2nnccc2C)CC1. The normalized spacial score (nSPS) is 18.1. The van der Waals surface area contributed by atoms with Crippen LogP contribution in [0.1, 0.15) is 31.7 Å². The molecule has 1 saturated heterocycles. The first-order valence-electron chi connectivity index (χ1n) is 5.84. The van der Waals surface area contributed by atoms with Gasteiger partial charge in [0.05, 0.1) is 6.20 Å². The van der Waals surface area contributed by atoms with Crippen molar-refractivity contribution in [3.63, 3.8) is 0 Å². The molecule has 0 aliphatic carbocycles. The third kappa shape index (κ3) is 2.28. The maximum Gasteiger partial charge on any atom is 0.154 e. The quantitative estimate of drug-likeness (QED) is 0.742. The molecule has 0 N–H and O–H groups in total. The molecule has 1 fully saturated rings. The van der Waals surface area contributed by atoms with Crippen LogP contribution in [0.2, 0.25) is 0 Å². The molecule has 2 rings (SSSR count). The van der Waals surface area contributed by atoms with Crippen molar-refractivity contribution in [2.75, 3.05) is 18.0 Å². The first kappa shape index (κ1) is 10.4. The standard InChI is InChI=1S/C12H19N3/c1-3-11-5-8-15(9-6-11)12-10(2)4-7-13-14-12/h4,7,11H,3,5-6,8-9H2,1-2H3. The summed E-state index contributed by atoms with van der Waals surface area (Å²) >= 11 is 0. The zero-order valence-electron chi connectivity index (χ0n) is 9.61. The van der Waals surface area contributed by atoms with Crippen LogP contribution in [0.4, 0.5) is 5.82 Å². The molecule has 3 nitrogen and oxygen atoms in total. The average molecular weight is 205 g/mol. The summed E-state index contributed by atoms with van der Waals surface area (Å²) in [5.41, 5.74) is 1.24. The van der Waals surface area contributed by atoms with Crippen LogP contribution in [0.15, 0.2) is 12.3 Å². The molecule has 1 aromatic rings. The predicted molar refractivity (Wildman–Crippen MR) is 62.0 cm³/mol. The molecular formula is C12H19N3. The zero-order chi connectivity index (χ0) is 10.7. The van der Waals surface area contributed by atoms with Crippen molar-refractivity contribution >= 4 is 5.82 Å². The second kappa shape index (κ2) is 4.60. The highest BCUT2D eigenvalue weighted by atomic mass is 15.3. The van der Waals surface area contributed by atoms with Gasteiger partial charge < -0.3 is 4.90 Å². The second-order valence-corrected chi connectivity index (χ2v) is 4.38. The summed E-state index contributed by atoms with van der Waals surface area (Å²) in [4.78, 5) is 2.37. The maximum absolute atomic E-state index is 4.23. The monoisotopic (exact) mass is 205 g/mol. The molecule has 0 amide bonds. The van der Waals surface area contributed by atoms with Crippen molar-refractivity contribution in [1.29, 1.82) is 0 Å². The molecule has 0 bridgehead atoms. The van der Waals surface area contributed by atoms with E-state index in [0.717, 1.165) is 24.8 Å². The summed E-state index contributed by atoms with van der Waals surface area (Å²) in [6, 6.07) is 2.04. The fourth-order valence-corrected chi connectivity index (χ4v) is 2.25. The van der Waals surface area contributed by atoms with Gasteiger partial charge in [0.1, 0.15) is 0 Å². The van der Waals surface area contributed by atoms with E-state index < -0.39 is 0 Å². The number of hydrogen-bond acceptors (Lipinski definition) is 3. The summed E-state index contributed by atoms with van der Waals surface area (Å²) in [7, 11) is 0. The molecule has 0 spiro atoms. The zero-order valence-corrected chi connectivity index (χ0v) is 9.61. The Balaban J connectivity index is 2.04. The minimum absolute atomic E-state index is 0.915. The summed E-state index contributed by atoms with van der Waals surface area (Å²) < 4.78 is 0. The van der Waals surface area contributed by atoms with Gasteiger partial charge in [0, 0.05) is 13.1 Å². The first-order valence-corrected chi connectivity index (χ1v) is 5.84. The van der Waals surface area contributed by atoms with Crippen LogP contribution in [-0.2, 0) is 0 Å². The molecule has 1 aromatic heterocycles. The van der Waals surface area contributed by atoms with Crippen molar-refractivity contribution in [3.05, 3.63) is 17.8 Å². The number of aromatic nitrogens is 2. The molecule has 0 radical (unpaired) electrons. The van der Waals surface area contributed by atoms with Crippen molar-refractivity contribution in [3.8, 4) is 0 Å². The van der Waals surface area contributed by atoms with Crippen LogP contribution in [-0.4, -0.2) is 23.3 Å². The Bertz CT molecular complexity index is 316. The highest BCUT2D eigenvalue weighted by Gasteiger charge is 2.19. The van der Waals surface area contributed by atoms with E-state index in [0.29, 0.717) is 0 Å². The molecule has 3 heteroatoms. The van der Waals surface area contributed by atoms with Gasteiger partial charge in [-0.2, -0.15) is 5.10 Å². The van der Waals surface area contributed by atoms with Gasteiger partial charge in [-0.15, -0.1) is 5.10 Å². The molecule has 1 aliphatic heterocycles. The topological polar surface area (TPSA) is 29.0 Å². The van der Waals surface area contributed by atoms with E-state index in [-0.39, 0.29) is 0 Å². The first-order chi connectivity index (χ1) is 7.31. The molecule has 1 aliphatic rings. The Morgan fingerprint density at radius 3 is 2.73 bits per heavy atom. The summed E-state index contributed by atoms with van der Waals surface area (Å²) in [5.74, 6) is 1.99. The highest BCUT2D eigenvalue weighted by molar-refractivity contribution is 5.44. The van der Waals surface area contributed by atoms with Gasteiger partial charge in [0.2, 0.25) is 0 Å². The van der Waals surface area contributed by atoms with E-state index in [4.69, 9.17) is 0 Å². The number of aryl methyl sites for hydroxylation is 1. The van der Waals surface area contributed by atoms with E-state index in [1.165, 1.54) is 24.8 Å². The maximum atomic E-state index is 4.23. The molecule has 2 heterocycles. The third-order valence-electron chi connectivity index (χ3n) is 3.39. The van der Waals surface area contributed by atoms with E-state index in [2.05, 4.69) is 28.9 Å². The number of anilines is 1. The lowest BCUT2D eigenvalue weighted by Crippen LogP contribution is -2.34. The van der Waals surface area contributed by atoms with Gasteiger partial charge >= 0.3 is 0 Å². The fraction of sp³-hybridized carbons (Fsp3) is 0.667. The third-order valence-corrected chi connectivity index (χ3v) is 3.39. The van der Waals surface area contributed by atoms with Crippen molar-refractivity contribution in [2.24, 2.45) is 5.92 Å². The van der Waals surface area contributed by atoms with Gasteiger partial charge in [-0.25, -0.2) is 0 Å². The Kier molecular flexibility index (Phi) is 3.19. The molecule has 15 heavy (non-hydrogen) atoms. The fourth-order valence-electron chi connectivity index (χ4n) is 2.25. The lowest BCUT2D eigenvalue weighted by atomic mass is 9.94. The van der Waals surface area contributed by atoms with Gasteiger partial charge in [0.25, 0.3) is 0 Å². The van der Waals surface area contributed by atoms with Crippen LogP contribution < -0.4 is 4.90 Å². The second-order valence-electron chi connectivity index (χ2n) is 4.38. The molecule has 0 atom stereocenters. The smallest absolute Gasteiger partial charge is 0.154 e. The Hall–Kier alpha value is -1.12. The largest absolute Gasteiger partial charge is 0.355 e. The molecule has 0 saturated carbocycles. The average Bonchev–Trinajstić information content (AvgIpc) is 2.30. The van der Waals surface area contributed by atoms with Gasteiger partial charge in [-0.3, -0.25) is 0 Å². The summed E-state index contributed by atoms with van der Waals surface area (Å²) in [6.45, 7) is 6.67. The number of piperidine rings is 1. The van der Waals surface area contributed by atoms with E-state index in [1.54, 1.807) is 6.20 Å². The van der Waals surface area contributed by atoms with Gasteiger partial charge in [-0.1, -0.05) is 13.3 Å². The van der Waals surface area contributed by atoms with Crippen molar-refractivity contribution < 1.29 is 0 Å². The molecule has 82 valence electrons. The lowest BCUT2D eigenvalue weighted by Gasteiger charge is -2.32. The van der Waals surface area contributed by atoms with E-state index >= 15 is 0 Å². The molecular weight excluding hydrogens is 186 g/mol. The van der Waals surface area contributed by atoms with Gasteiger partial charge in [0.15, 0.2) is 5.82 Å². The lowest BCUT2D eigenvalue weighted by molar-refractivity contribution is 0.393. The highest BCUT2D eigenvalue weighted by Crippen LogP contribution is 2.24. The van der Waals surface area contributed by atoms with Crippen molar-refractivity contribution in [1.82, 2.24) is 10.2 Å². The van der Waals surface area contributed by atoms with Gasteiger partial charge in [-0.05, 0) is 37.3 Å². The minimum atomic E-state index is 0.915. The Labute approximate surface area is 91.5 Å².